The van der Waals surface area contributed by atoms with E-state index in [4.69, 9.17) is 4.74 Å². The molecule has 0 radical (unpaired) electrons. The highest BCUT2D eigenvalue weighted by atomic mass is 16.6. The maximum Gasteiger partial charge on any atom is 0.408 e. The van der Waals surface area contributed by atoms with Crippen LogP contribution in [0.2, 0.25) is 0 Å². The van der Waals surface area contributed by atoms with Crippen molar-refractivity contribution in [2.75, 3.05) is 6.54 Å². The second-order valence-corrected chi connectivity index (χ2v) is 10.3. The van der Waals surface area contributed by atoms with E-state index in [9.17, 15) is 24.3 Å². The van der Waals surface area contributed by atoms with Crippen molar-refractivity contribution in [1.82, 2.24) is 16.0 Å². The van der Waals surface area contributed by atoms with Gasteiger partial charge in [0.1, 0.15) is 18.2 Å². The highest BCUT2D eigenvalue weighted by Crippen LogP contribution is 2.29. The Labute approximate surface area is 212 Å². The predicted molar refractivity (Wildman–Crippen MR) is 134 cm³/mol. The van der Waals surface area contributed by atoms with Gasteiger partial charge in [-0.25, -0.2) is 9.59 Å². The quantitative estimate of drug-likeness (QED) is 0.366. The van der Waals surface area contributed by atoms with E-state index in [2.05, 4.69) is 16.0 Å². The lowest BCUT2D eigenvalue weighted by Crippen LogP contribution is -2.53. The summed E-state index contributed by atoms with van der Waals surface area (Å²) in [5.41, 5.74) is 0.858. The Morgan fingerprint density at radius 2 is 1.69 bits per heavy atom. The number of hydrogen-bond donors (Lipinski definition) is 4. The molecule has 3 amide bonds. The van der Waals surface area contributed by atoms with Gasteiger partial charge in [-0.2, -0.15) is 0 Å². The van der Waals surface area contributed by atoms with E-state index in [1.807, 2.05) is 44.2 Å². The smallest absolute Gasteiger partial charge is 0.408 e. The first-order chi connectivity index (χ1) is 17.2. The number of nitrogens with one attached hydrogen (secondary N) is 3. The van der Waals surface area contributed by atoms with Crippen molar-refractivity contribution in [3.63, 3.8) is 0 Å². The van der Waals surface area contributed by atoms with Crippen LogP contribution in [0.15, 0.2) is 30.3 Å². The molecule has 0 bridgehead atoms. The number of rotatable bonds is 11. The van der Waals surface area contributed by atoms with Crippen molar-refractivity contribution < 1.29 is 29.0 Å². The van der Waals surface area contributed by atoms with Crippen molar-refractivity contribution in [3.8, 4) is 0 Å². The van der Waals surface area contributed by atoms with E-state index in [0.717, 1.165) is 37.7 Å². The molecular weight excluding hydrogens is 462 g/mol. The van der Waals surface area contributed by atoms with Crippen LogP contribution in [-0.4, -0.2) is 47.6 Å². The number of benzene rings is 1. The Morgan fingerprint density at radius 1 is 1.00 bits per heavy atom. The minimum absolute atomic E-state index is 0.0108. The molecule has 0 spiro atoms. The largest absolute Gasteiger partial charge is 0.480 e. The summed E-state index contributed by atoms with van der Waals surface area (Å²) in [4.78, 5) is 50.0. The van der Waals surface area contributed by atoms with Crippen LogP contribution in [0.1, 0.15) is 76.9 Å². The van der Waals surface area contributed by atoms with Gasteiger partial charge in [0, 0.05) is 12.5 Å². The molecule has 36 heavy (non-hydrogen) atoms. The van der Waals surface area contributed by atoms with Gasteiger partial charge in [0.15, 0.2) is 0 Å². The van der Waals surface area contributed by atoms with Crippen LogP contribution >= 0.6 is 0 Å². The van der Waals surface area contributed by atoms with Gasteiger partial charge in [-0.3, -0.25) is 9.59 Å². The topological polar surface area (TPSA) is 134 Å². The minimum atomic E-state index is -1.22. The number of hydrogen-bond acceptors (Lipinski definition) is 5. The third-order valence-electron chi connectivity index (χ3n) is 7.17. The second-order valence-electron chi connectivity index (χ2n) is 10.3. The molecule has 2 fully saturated rings. The molecule has 2 aliphatic rings. The molecule has 1 aliphatic carbocycles. The van der Waals surface area contributed by atoms with Crippen LogP contribution < -0.4 is 16.0 Å². The van der Waals surface area contributed by atoms with Gasteiger partial charge >= 0.3 is 12.1 Å². The van der Waals surface area contributed by atoms with E-state index in [-0.39, 0.29) is 24.2 Å². The summed E-state index contributed by atoms with van der Waals surface area (Å²) >= 11 is 0. The first kappa shape index (κ1) is 27.5. The third kappa shape index (κ3) is 7.96. The number of carboxylic acid groups (broad SMARTS) is 1. The molecule has 1 aliphatic heterocycles. The van der Waals surface area contributed by atoms with Gasteiger partial charge in [0.2, 0.25) is 11.8 Å². The number of aliphatic carboxylic acids is 1. The Hall–Kier alpha value is -3.10. The summed E-state index contributed by atoms with van der Waals surface area (Å²) in [6.07, 6.45) is 4.97. The van der Waals surface area contributed by atoms with Gasteiger partial charge in [-0.1, -0.05) is 76.3 Å². The summed E-state index contributed by atoms with van der Waals surface area (Å²) in [7, 11) is 0. The standard InChI is InChI=1S/C27H39N3O6/c1-17(2)23(19-11-7-4-8-12-19)36-27(35)30-21(15-18-9-5-3-6-10-18)25(32)29-22(26(33)34)16-20-13-14-28-24(20)31/h4,7-8,11-12,17-18,20-23H,3,5-6,9-10,13-16H2,1-2H3,(H,28,31)(H,29,32)(H,30,35)(H,33,34)/t20?,21-,22-,23?/m0/s1. The van der Waals surface area contributed by atoms with Crippen molar-refractivity contribution in [3.05, 3.63) is 35.9 Å². The van der Waals surface area contributed by atoms with Crippen molar-refractivity contribution in [2.45, 2.75) is 83.4 Å². The molecule has 9 nitrogen and oxygen atoms in total. The van der Waals surface area contributed by atoms with E-state index >= 15 is 0 Å². The zero-order chi connectivity index (χ0) is 26.1. The monoisotopic (exact) mass is 501 g/mol. The summed E-state index contributed by atoms with van der Waals surface area (Å²) in [6.45, 7) is 4.40. The van der Waals surface area contributed by atoms with E-state index < -0.39 is 42.1 Å². The Bertz CT molecular complexity index is 900. The fourth-order valence-corrected chi connectivity index (χ4v) is 5.16. The van der Waals surface area contributed by atoms with Crippen LogP contribution in [0.3, 0.4) is 0 Å². The molecule has 1 heterocycles. The lowest BCUT2D eigenvalue weighted by molar-refractivity contribution is -0.143. The minimum Gasteiger partial charge on any atom is -0.480 e. The van der Waals surface area contributed by atoms with Crippen LogP contribution in [0, 0.1) is 17.8 Å². The zero-order valence-corrected chi connectivity index (χ0v) is 21.2. The molecule has 1 saturated carbocycles. The highest BCUT2D eigenvalue weighted by Gasteiger charge is 2.34. The molecule has 9 heteroatoms. The SMILES string of the molecule is CC(C)C(OC(=O)N[C@@H](CC1CCCCC1)C(=O)N[C@@H](CC1CCNC1=O)C(=O)O)c1ccccc1. The van der Waals surface area contributed by atoms with Gasteiger partial charge in [-0.15, -0.1) is 0 Å². The second kappa shape index (κ2) is 13.3. The first-order valence-electron chi connectivity index (χ1n) is 13.1. The Balaban J connectivity index is 1.69. The number of amides is 3. The van der Waals surface area contributed by atoms with E-state index in [0.29, 0.717) is 19.4 Å². The Morgan fingerprint density at radius 3 is 2.28 bits per heavy atom. The highest BCUT2D eigenvalue weighted by molar-refractivity contribution is 5.90. The molecular formula is C27H39N3O6. The maximum absolute atomic E-state index is 13.3. The summed E-state index contributed by atoms with van der Waals surface area (Å²) in [6, 6.07) is 7.28. The van der Waals surface area contributed by atoms with Crippen molar-refractivity contribution >= 4 is 23.9 Å². The number of carbonyl (C=O) groups is 4. The fraction of sp³-hybridized carbons (Fsp3) is 0.630. The molecule has 0 aromatic heterocycles. The third-order valence-corrected chi connectivity index (χ3v) is 7.17. The molecule has 4 N–H and O–H groups in total. The zero-order valence-electron chi connectivity index (χ0n) is 21.2. The molecule has 1 aromatic carbocycles. The van der Waals surface area contributed by atoms with Gasteiger partial charge in [0.05, 0.1) is 0 Å². The van der Waals surface area contributed by atoms with Crippen LogP contribution in [0.4, 0.5) is 4.79 Å². The molecule has 4 atom stereocenters. The van der Waals surface area contributed by atoms with E-state index in [1.54, 1.807) is 0 Å². The lowest BCUT2D eigenvalue weighted by atomic mass is 9.84. The molecule has 1 aromatic rings. The van der Waals surface area contributed by atoms with Crippen LogP contribution in [0.25, 0.3) is 0 Å². The molecule has 2 unspecified atom stereocenters. The van der Waals surface area contributed by atoms with Crippen molar-refractivity contribution in [2.24, 2.45) is 17.8 Å². The fourth-order valence-electron chi connectivity index (χ4n) is 5.16. The normalized spacial score (nSPS) is 20.8. The molecule has 1 saturated heterocycles. The van der Waals surface area contributed by atoms with E-state index in [1.165, 1.54) is 0 Å². The van der Waals surface area contributed by atoms with Gasteiger partial charge < -0.3 is 25.8 Å². The number of carbonyl (C=O) groups excluding carboxylic acids is 3. The van der Waals surface area contributed by atoms with Crippen LogP contribution in [-0.2, 0) is 19.1 Å². The summed E-state index contributed by atoms with van der Waals surface area (Å²) < 4.78 is 5.74. The van der Waals surface area contributed by atoms with Crippen molar-refractivity contribution in [1.29, 1.82) is 0 Å². The summed E-state index contributed by atoms with van der Waals surface area (Å²) in [5, 5.41) is 17.7. The maximum atomic E-state index is 13.3. The average molecular weight is 502 g/mol. The predicted octanol–water partition coefficient (Wildman–Crippen LogP) is 3.54. The van der Waals surface area contributed by atoms with Gasteiger partial charge in [-0.05, 0) is 36.7 Å². The number of ether oxygens (including phenoxy) is 1. The Kier molecular flexibility index (Phi) is 10.1. The van der Waals surface area contributed by atoms with Gasteiger partial charge in [0.25, 0.3) is 0 Å². The summed E-state index contributed by atoms with van der Waals surface area (Å²) in [5.74, 6) is -2.16. The number of carboxylic acids is 1. The van der Waals surface area contributed by atoms with Crippen LogP contribution in [0.5, 0.6) is 0 Å². The molecule has 198 valence electrons. The molecule has 3 rings (SSSR count). The number of alkyl carbamates (subject to hydrolysis) is 1. The average Bonchev–Trinajstić information content (AvgIpc) is 3.26. The lowest BCUT2D eigenvalue weighted by Gasteiger charge is -2.29. The first-order valence-corrected chi connectivity index (χ1v) is 13.1.